The number of aromatic hydroxyl groups is 1. The second-order valence-corrected chi connectivity index (χ2v) is 20.2. The van der Waals surface area contributed by atoms with Crippen LogP contribution in [0.3, 0.4) is 0 Å². The lowest BCUT2D eigenvalue weighted by atomic mass is 9.83. The Balaban J connectivity index is 1.21. The molecule has 16 heteroatoms. The average molecular weight is 961 g/mol. The standard InChI is InChI=1S/C54H68N6O10/c1-7-46(62)58-22-20-54(67,32-58)52(66)57(5)47(36-18-24-69-25-19-36)49(63)55-44-28-34-26-38(29-39(61)27-34)37-15-16-45-41(30-37)42(48(59(45)8-2)40-13-10-9-12-35(40)17-23-68-6)31-53(3,4)33-70-51(65)43-14-11-21-60(56-43)50(44)64/h7,9-10,12-13,15-16,26-27,29-30,36,43-44,47,56,61,67H,1,8,11,14,17-25,28,31-33H2,2-6H3,(H,55,63)/t43-,44-,47-,54?/m0/s1. The summed E-state index contributed by atoms with van der Waals surface area (Å²) in [5.74, 6) is -3.18. The number of hydrogen-bond acceptors (Lipinski definition) is 11. The van der Waals surface area contributed by atoms with Crippen molar-refractivity contribution >= 4 is 40.5 Å². The third kappa shape index (κ3) is 10.5. The quantitative estimate of drug-likeness (QED) is 0.118. The van der Waals surface area contributed by atoms with Gasteiger partial charge in [-0.05, 0) is 110 Å². The van der Waals surface area contributed by atoms with E-state index in [0.29, 0.717) is 69.6 Å². The molecule has 3 fully saturated rings. The number of aromatic nitrogens is 1. The van der Waals surface area contributed by atoms with Crippen LogP contribution in [0.25, 0.3) is 33.3 Å². The van der Waals surface area contributed by atoms with Crippen molar-refractivity contribution in [2.45, 2.75) is 102 Å². The van der Waals surface area contributed by atoms with Crippen molar-refractivity contribution in [3.05, 3.63) is 90.0 Å². The number of methoxy groups -OCH3 is 1. The van der Waals surface area contributed by atoms with Crippen molar-refractivity contribution < 1.29 is 48.4 Å². The maximum absolute atomic E-state index is 15.0. The lowest BCUT2D eigenvalue weighted by molar-refractivity contribution is -0.157. The highest BCUT2D eigenvalue weighted by Gasteiger charge is 2.49. The molecule has 4 aliphatic heterocycles. The molecule has 4 amide bonds. The number of nitrogens with one attached hydrogen (secondary N) is 2. The van der Waals surface area contributed by atoms with Crippen LogP contribution in [0, 0.1) is 11.3 Å². The summed E-state index contributed by atoms with van der Waals surface area (Å²) in [5.41, 5.74) is 8.21. The van der Waals surface area contributed by atoms with Gasteiger partial charge in [-0.2, -0.15) is 0 Å². The predicted molar refractivity (Wildman–Crippen MR) is 264 cm³/mol. The lowest BCUT2D eigenvalue weighted by Gasteiger charge is -2.39. The van der Waals surface area contributed by atoms with Gasteiger partial charge < -0.3 is 44.1 Å². The van der Waals surface area contributed by atoms with Gasteiger partial charge in [0.2, 0.25) is 11.8 Å². The number of amides is 4. The fourth-order valence-electron chi connectivity index (χ4n) is 10.9. The van der Waals surface area contributed by atoms with Gasteiger partial charge in [-0.25, -0.2) is 5.43 Å². The van der Waals surface area contributed by atoms with E-state index in [4.69, 9.17) is 14.2 Å². The number of carbonyl (C=O) groups excluding carboxylic acids is 5. The molecule has 0 spiro atoms. The molecule has 8 rings (SSSR count). The largest absolute Gasteiger partial charge is 0.508 e. The number of β-amino-alcohol motifs (C(OH)–C–C–N with tert-alkyl or cyclic N) is 1. The van der Waals surface area contributed by atoms with E-state index in [2.05, 4.69) is 73.0 Å². The number of aliphatic hydroxyl groups is 1. The molecule has 70 heavy (non-hydrogen) atoms. The molecule has 4 atom stereocenters. The van der Waals surface area contributed by atoms with Gasteiger partial charge in [-0.3, -0.25) is 29.0 Å². The molecule has 4 aliphatic rings. The number of likely N-dealkylation sites (tertiary alicyclic amines) is 1. The van der Waals surface area contributed by atoms with Crippen molar-refractivity contribution in [3.8, 4) is 28.1 Å². The van der Waals surface area contributed by atoms with Gasteiger partial charge in [0.1, 0.15) is 23.9 Å². The monoisotopic (exact) mass is 960 g/mol. The van der Waals surface area contributed by atoms with Crippen LogP contribution < -0.4 is 10.7 Å². The number of phenols is 1. The van der Waals surface area contributed by atoms with Crippen LogP contribution in [-0.2, 0) is 64.0 Å². The Bertz CT molecular complexity index is 2640. The number of hydrazine groups is 1. The van der Waals surface area contributed by atoms with E-state index < -0.39 is 64.7 Å². The molecule has 3 aromatic carbocycles. The Morgan fingerprint density at radius 1 is 1.04 bits per heavy atom. The second kappa shape index (κ2) is 21.1. The minimum atomic E-state index is -1.94. The van der Waals surface area contributed by atoms with Gasteiger partial charge >= 0.3 is 5.97 Å². The molecular weight excluding hydrogens is 893 g/mol. The molecule has 6 bridgehead atoms. The van der Waals surface area contributed by atoms with Crippen LogP contribution in [0.5, 0.6) is 5.75 Å². The van der Waals surface area contributed by atoms with E-state index in [9.17, 15) is 34.2 Å². The normalized spacial score (nSPS) is 22.5. The first kappa shape index (κ1) is 50.3. The summed E-state index contributed by atoms with van der Waals surface area (Å²) in [6.07, 6.45) is 4.11. The number of nitrogens with zero attached hydrogens (tertiary/aromatic N) is 4. The van der Waals surface area contributed by atoms with E-state index in [1.807, 2.05) is 18.2 Å². The first-order valence-electron chi connectivity index (χ1n) is 24.6. The number of likely N-dealkylation sites (N-methyl/N-ethyl adjacent to an activating group) is 1. The zero-order valence-electron chi connectivity index (χ0n) is 41.1. The van der Waals surface area contributed by atoms with Crippen molar-refractivity contribution in [3.63, 3.8) is 0 Å². The molecular formula is C54H68N6O10. The van der Waals surface area contributed by atoms with Gasteiger partial charge in [0.15, 0.2) is 5.60 Å². The number of cyclic esters (lactones) is 1. The van der Waals surface area contributed by atoms with Gasteiger partial charge in [0.05, 0.1) is 25.5 Å². The molecule has 4 N–H and O–H groups in total. The summed E-state index contributed by atoms with van der Waals surface area (Å²) in [7, 11) is 3.17. The van der Waals surface area contributed by atoms with Crippen molar-refractivity contribution in [1.82, 2.24) is 30.1 Å². The summed E-state index contributed by atoms with van der Waals surface area (Å²) in [6.45, 7) is 12.0. The number of phenolic OH excluding ortho intramolecular Hbond substituents is 1. The Hall–Kier alpha value is -6.07. The zero-order valence-corrected chi connectivity index (χ0v) is 41.1. The first-order chi connectivity index (χ1) is 33.5. The van der Waals surface area contributed by atoms with Crippen LogP contribution in [-0.4, -0.2) is 143 Å². The second-order valence-electron chi connectivity index (χ2n) is 20.2. The SMILES string of the molecule is C=CC(=O)N1CCC(O)(C(=O)N(C)[C@H](C(=O)N[C@H]2Cc3cc(O)cc(c3)-c3ccc4c(c3)c(c(-c3ccccc3CCOC)n4CC)CC(C)(C)COC(=O)[C@@H]3CCCN(N3)C2=O)C2CCOCC2)C1. The summed E-state index contributed by atoms with van der Waals surface area (Å²) in [6, 6.07) is 16.6. The van der Waals surface area contributed by atoms with Crippen LogP contribution in [0.2, 0.25) is 0 Å². The number of aryl methyl sites for hydroxylation is 1. The van der Waals surface area contributed by atoms with E-state index in [1.165, 1.54) is 21.9 Å². The highest BCUT2D eigenvalue weighted by atomic mass is 16.5. The molecule has 4 aromatic rings. The summed E-state index contributed by atoms with van der Waals surface area (Å²) in [4.78, 5) is 73.2. The van der Waals surface area contributed by atoms with E-state index in [0.717, 1.165) is 51.3 Å². The molecule has 0 saturated carbocycles. The smallest absolute Gasteiger partial charge is 0.324 e. The first-order valence-corrected chi connectivity index (χ1v) is 24.6. The molecule has 0 radical (unpaired) electrons. The van der Waals surface area contributed by atoms with E-state index in [-0.39, 0.29) is 44.8 Å². The molecule has 0 aliphatic carbocycles. The third-order valence-corrected chi connectivity index (χ3v) is 14.5. The highest BCUT2D eigenvalue weighted by Crippen LogP contribution is 2.42. The van der Waals surface area contributed by atoms with E-state index in [1.54, 1.807) is 19.2 Å². The Kier molecular flexibility index (Phi) is 15.2. The number of ether oxygens (including phenoxy) is 3. The number of hydrogen-bond donors (Lipinski definition) is 4. The lowest BCUT2D eigenvalue weighted by Crippen LogP contribution is -2.63. The fraction of sp³-hybridized carbons (Fsp3) is 0.500. The Morgan fingerprint density at radius 3 is 2.56 bits per heavy atom. The third-order valence-electron chi connectivity index (χ3n) is 14.5. The zero-order chi connectivity index (χ0) is 49.9. The maximum Gasteiger partial charge on any atom is 0.324 e. The average Bonchev–Trinajstić information content (AvgIpc) is 3.91. The minimum absolute atomic E-state index is 0.0246. The van der Waals surface area contributed by atoms with Crippen molar-refractivity contribution in [2.24, 2.45) is 11.3 Å². The number of esters is 1. The van der Waals surface area contributed by atoms with Crippen LogP contribution in [0.1, 0.15) is 69.6 Å². The van der Waals surface area contributed by atoms with Crippen LogP contribution in [0.4, 0.5) is 0 Å². The topological polar surface area (TPSA) is 192 Å². The molecule has 1 unspecified atom stereocenters. The summed E-state index contributed by atoms with van der Waals surface area (Å²) in [5, 5.41) is 28.5. The minimum Gasteiger partial charge on any atom is -0.508 e. The molecule has 5 heterocycles. The fourth-order valence-corrected chi connectivity index (χ4v) is 10.9. The van der Waals surface area contributed by atoms with Gasteiger partial charge in [0.25, 0.3) is 11.8 Å². The number of fused-ring (bicyclic) bond motifs is 6. The Labute approximate surface area is 409 Å². The van der Waals surface area contributed by atoms with Crippen LogP contribution >= 0.6 is 0 Å². The number of benzene rings is 3. The Morgan fingerprint density at radius 2 is 1.81 bits per heavy atom. The molecule has 16 nitrogen and oxygen atoms in total. The maximum atomic E-state index is 15.0. The molecule has 374 valence electrons. The van der Waals surface area contributed by atoms with Crippen LogP contribution in [0.15, 0.2) is 73.3 Å². The predicted octanol–water partition coefficient (Wildman–Crippen LogP) is 4.94. The molecule has 1 aromatic heterocycles. The van der Waals surface area contributed by atoms with Gasteiger partial charge in [0, 0.05) is 81.7 Å². The van der Waals surface area contributed by atoms with Crippen molar-refractivity contribution in [1.29, 1.82) is 0 Å². The van der Waals surface area contributed by atoms with Crippen molar-refractivity contribution in [2.75, 3.05) is 60.2 Å². The summed E-state index contributed by atoms with van der Waals surface area (Å²) >= 11 is 0. The van der Waals surface area contributed by atoms with E-state index >= 15 is 0 Å². The molecule has 3 saturated heterocycles. The van der Waals surface area contributed by atoms with Gasteiger partial charge in [-0.15, -0.1) is 0 Å². The highest BCUT2D eigenvalue weighted by molar-refractivity contribution is 5.97. The number of carbonyl (C=O) groups is 5. The number of rotatable bonds is 11. The van der Waals surface area contributed by atoms with Gasteiger partial charge in [-0.1, -0.05) is 56.8 Å². The summed E-state index contributed by atoms with van der Waals surface area (Å²) < 4.78 is 19.6.